The molecule has 0 aromatic heterocycles. The zero-order chi connectivity index (χ0) is 14.7. The van der Waals surface area contributed by atoms with Gasteiger partial charge in [0.25, 0.3) is 0 Å². The number of guanidine groups is 1. The van der Waals surface area contributed by atoms with Crippen molar-refractivity contribution in [1.29, 1.82) is 0 Å². The van der Waals surface area contributed by atoms with Gasteiger partial charge < -0.3 is 25.2 Å². The first-order valence-corrected chi connectivity index (χ1v) is 7.47. The van der Waals surface area contributed by atoms with E-state index in [1.54, 1.807) is 7.05 Å². The largest absolute Gasteiger partial charge is 0.396 e. The number of rotatable bonds is 9. The molecule has 1 aliphatic heterocycles. The number of ether oxygens (including phenoxy) is 2. The fourth-order valence-electron chi connectivity index (χ4n) is 2.33. The van der Waals surface area contributed by atoms with E-state index in [1.807, 2.05) is 6.92 Å². The minimum absolute atomic E-state index is 0.0394. The van der Waals surface area contributed by atoms with Crippen molar-refractivity contribution in [3.8, 4) is 0 Å². The van der Waals surface area contributed by atoms with Gasteiger partial charge in [-0.25, -0.2) is 0 Å². The van der Waals surface area contributed by atoms with Gasteiger partial charge in [0, 0.05) is 52.0 Å². The molecule has 1 saturated heterocycles. The van der Waals surface area contributed by atoms with Crippen LogP contribution in [0.15, 0.2) is 4.99 Å². The third-order valence-electron chi connectivity index (χ3n) is 3.64. The second kappa shape index (κ2) is 9.96. The molecule has 0 radical (unpaired) electrons. The molecule has 0 aromatic rings. The summed E-state index contributed by atoms with van der Waals surface area (Å²) in [5.41, 5.74) is 0.0394. The minimum atomic E-state index is 0.0394. The number of hydrogen-bond acceptors (Lipinski definition) is 4. The van der Waals surface area contributed by atoms with Crippen LogP contribution in [-0.4, -0.2) is 64.2 Å². The number of hydrogen-bond donors (Lipinski definition) is 3. The van der Waals surface area contributed by atoms with E-state index < -0.39 is 0 Å². The van der Waals surface area contributed by atoms with Crippen LogP contribution >= 0.6 is 0 Å². The predicted octanol–water partition coefficient (Wildman–Crippen LogP) is 0.367. The molecule has 118 valence electrons. The van der Waals surface area contributed by atoms with Crippen LogP contribution in [0, 0.1) is 5.41 Å². The maximum atomic E-state index is 9.20. The summed E-state index contributed by atoms with van der Waals surface area (Å²) in [5, 5.41) is 15.8. The second-order valence-corrected chi connectivity index (χ2v) is 5.18. The summed E-state index contributed by atoms with van der Waals surface area (Å²) in [6.07, 6.45) is 2.71. The van der Waals surface area contributed by atoms with Gasteiger partial charge in [0.1, 0.15) is 0 Å². The Balaban J connectivity index is 2.26. The molecule has 20 heavy (non-hydrogen) atoms. The molecule has 0 saturated carbocycles. The van der Waals surface area contributed by atoms with Crippen molar-refractivity contribution in [2.24, 2.45) is 10.4 Å². The summed E-state index contributed by atoms with van der Waals surface area (Å²) in [7, 11) is 1.77. The molecule has 0 spiro atoms. The molecule has 1 heterocycles. The Morgan fingerprint density at radius 2 is 2.30 bits per heavy atom. The molecule has 0 aromatic carbocycles. The predicted molar refractivity (Wildman–Crippen MR) is 80.0 cm³/mol. The summed E-state index contributed by atoms with van der Waals surface area (Å²) in [4.78, 5) is 4.21. The number of aliphatic hydroxyl groups excluding tert-OH is 1. The highest BCUT2D eigenvalue weighted by Crippen LogP contribution is 2.31. The molecule has 6 heteroatoms. The van der Waals surface area contributed by atoms with Crippen molar-refractivity contribution >= 4 is 5.96 Å². The molecule has 0 aliphatic carbocycles. The fraction of sp³-hybridized carbons (Fsp3) is 0.929. The number of aliphatic imine (C=N–C) groups is 1. The van der Waals surface area contributed by atoms with Crippen LogP contribution in [0.5, 0.6) is 0 Å². The lowest BCUT2D eigenvalue weighted by atomic mass is 9.84. The van der Waals surface area contributed by atoms with Gasteiger partial charge in [0.15, 0.2) is 5.96 Å². The van der Waals surface area contributed by atoms with Gasteiger partial charge in [-0.3, -0.25) is 4.99 Å². The van der Waals surface area contributed by atoms with Gasteiger partial charge in [-0.05, 0) is 26.2 Å². The van der Waals surface area contributed by atoms with Gasteiger partial charge >= 0.3 is 0 Å². The maximum Gasteiger partial charge on any atom is 0.190 e. The fourth-order valence-corrected chi connectivity index (χ4v) is 2.33. The van der Waals surface area contributed by atoms with Crippen LogP contribution in [0.1, 0.15) is 26.2 Å². The molecule has 1 unspecified atom stereocenters. The highest BCUT2D eigenvalue weighted by Gasteiger charge is 2.34. The molecule has 1 fully saturated rings. The van der Waals surface area contributed by atoms with Gasteiger partial charge in [-0.1, -0.05) is 0 Å². The van der Waals surface area contributed by atoms with Crippen molar-refractivity contribution in [2.75, 3.05) is 53.2 Å². The van der Waals surface area contributed by atoms with Crippen LogP contribution in [0.25, 0.3) is 0 Å². The van der Waals surface area contributed by atoms with Crippen molar-refractivity contribution in [2.45, 2.75) is 26.2 Å². The summed E-state index contributed by atoms with van der Waals surface area (Å²) in [6, 6.07) is 0. The Morgan fingerprint density at radius 1 is 1.45 bits per heavy atom. The zero-order valence-electron chi connectivity index (χ0n) is 12.8. The van der Waals surface area contributed by atoms with Gasteiger partial charge in [0.05, 0.1) is 6.61 Å². The van der Waals surface area contributed by atoms with Crippen molar-refractivity contribution in [3.63, 3.8) is 0 Å². The Morgan fingerprint density at radius 3 is 2.90 bits per heavy atom. The third-order valence-corrected chi connectivity index (χ3v) is 3.64. The molecular formula is C14H29N3O3. The molecule has 1 aliphatic rings. The highest BCUT2D eigenvalue weighted by molar-refractivity contribution is 5.79. The topological polar surface area (TPSA) is 75.1 Å². The van der Waals surface area contributed by atoms with Crippen LogP contribution in [-0.2, 0) is 9.47 Å². The van der Waals surface area contributed by atoms with Crippen LogP contribution in [0.3, 0.4) is 0 Å². The smallest absolute Gasteiger partial charge is 0.190 e. The van der Waals surface area contributed by atoms with Crippen LogP contribution in [0.4, 0.5) is 0 Å². The van der Waals surface area contributed by atoms with Crippen molar-refractivity contribution in [3.05, 3.63) is 0 Å². The lowest BCUT2D eigenvalue weighted by Gasteiger charge is -2.27. The normalized spacial score (nSPS) is 23.1. The first-order chi connectivity index (χ1) is 9.76. The molecule has 0 bridgehead atoms. The minimum Gasteiger partial charge on any atom is -0.396 e. The van der Waals surface area contributed by atoms with E-state index in [0.717, 1.165) is 58.1 Å². The second-order valence-electron chi connectivity index (χ2n) is 5.18. The van der Waals surface area contributed by atoms with Crippen molar-refractivity contribution in [1.82, 2.24) is 10.6 Å². The first kappa shape index (κ1) is 17.2. The first-order valence-electron chi connectivity index (χ1n) is 7.47. The van der Waals surface area contributed by atoms with E-state index in [2.05, 4.69) is 15.6 Å². The standard InChI is InChI=1S/C14H29N3O3/c1-3-19-9-4-7-16-13(15-2)17-11-14(5-8-18)6-10-20-12-14/h18H,3-12H2,1-2H3,(H2,15,16,17). The van der Waals surface area contributed by atoms with Crippen LogP contribution < -0.4 is 10.6 Å². The average Bonchev–Trinajstić information content (AvgIpc) is 2.91. The van der Waals surface area contributed by atoms with Gasteiger partial charge in [-0.15, -0.1) is 0 Å². The van der Waals surface area contributed by atoms with Crippen molar-refractivity contribution < 1.29 is 14.6 Å². The summed E-state index contributed by atoms with van der Waals surface area (Å²) < 4.78 is 10.8. The van der Waals surface area contributed by atoms with E-state index >= 15 is 0 Å². The SMILES string of the molecule is CCOCCCNC(=NC)NCC1(CCO)CCOC1. The van der Waals surface area contributed by atoms with Gasteiger partial charge in [-0.2, -0.15) is 0 Å². The van der Waals surface area contributed by atoms with E-state index in [0.29, 0.717) is 6.61 Å². The molecule has 0 amide bonds. The molecule has 1 atom stereocenters. The molecule has 3 N–H and O–H groups in total. The lowest BCUT2D eigenvalue weighted by Crippen LogP contribution is -2.44. The summed E-state index contributed by atoms with van der Waals surface area (Å²) in [6.45, 7) is 6.83. The van der Waals surface area contributed by atoms with E-state index in [9.17, 15) is 5.11 Å². The Labute approximate surface area is 121 Å². The quantitative estimate of drug-likeness (QED) is 0.324. The monoisotopic (exact) mass is 287 g/mol. The number of nitrogens with one attached hydrogen (secondary N) is 2. The zero-order valence-corrected chi connectivity index (χ0v) is 12.8. The molecular weight excluding hydrogens is 258 g/mol. The molecule has 1 rings (SSSR count). The Kier molecular flexibility index (Phi) is 8.57. The average molecular weight is 287 g/mol. The van der Waals surface area contributed by atoms with E-state index in [1.165, 1.54) is 0 Å². The van der Waals surface area contributed by atoms with Gasteiger partial charge in [0.2, 0.25) is 0 Å². The number of aliphatic hydroxyl groups is 1. The van der Waals surface area contributed by atoms with E-state index in [-0.39, 0.29) is 12.0 Å². The lowest BCUT2D eigenvalue weighted by molar-refractivity contribution is 0.127. The Bertz CT molecular complexity index is 279. The third kappa shape index (κ3) is 6.07. The summed E-state index contributed by atoms with van der Waals surface area (Å²) >= 11 is 0. The highest BCUT2D eigenvalue weighted by atomic mass is 16.5. The summed E-state index contributed by atoms with van der Waals surface area (Å²) in [5.74, 6) is 0.797. The Hall–Kier alpha value is -0.850. The maximum absolute atomic E-state index is 9.20. The van der Waals surface area contributed by atoms with E-state index in [4.69, 9.17) is 9.47 Å². The van der Waals surface area contributed by atoms with Crippen LogP contribution in [0.2, 0.25) is 0 Å². The molecule has 6 nitrogen and oxygen atoms in total. The number of nitrogens with zero attached hydrogens (tertiary/aromatic N) is 1.